The first-order valence-corrected chi connectivity index (χ1v) is 7.72. The average molecular weight is 354 g/mol. The summed E-state index contributed by atoms with van der Waals surface area (Å²) in [5.41, 5.74) is 1.43. The first-order chi connectivity index (χ1) is 12.5. The number of halogens is 3. The normalized spacial score (nSPS) is 11.0. The van der Waals surface area contributed by atoms with Crippen LogP contribution in [0.2, 0.25) is 0 Å². The molecule has 0 aliphatic rings. The molecule has 3 nitrogen and oxygen atoms in total. The molecule has 26 heavy (non-hydrogen) atoms. The Kier molecular flexibility index (Phi) is 4.90. The maximum absolute atomic E-state index is 12.7. The van der Waals surface area contributed by atoms with Gasteiger partial charge in [-0.05, 0) is 29.8 Å². The number of alkyl halides is 3. The Morgan fingerprint density at radius 3 is 2.38 bits per heavy atom. The molecule has 0 amide bonds. The minimum atomic E-state index is -4.49. The fourth-order valence-corrected chi connectivity index (χ4v) is 2.41. The lowest BCUT2D eigenvalue weighted by molar-refractivity contribution is -0.141. The largest absolute Gasteiger partial charge is 0.488 e. The van der Waals surface area contributed by atoms with E-state index in [4.69, 9.17) is 10.00 Å². The van der Waals surface area contributed by atoms with Crippen LogP contribution in [0.1, 0.15) is 16.8 Å². The molecule has 0 unspecified atom stereocenters. The highest BCUT2D eigenvalue weighted by atomic mass is 19.4. The molecule has 1 heterocycles. The summed E-state index contributed by atoms with van der Waals surface area (Å²) in [7, 11) is 0. The van der Waals surface area contributed by atoms with E-state index in [0.717, 1.165) is 17.8 Å². The smallest absolute Gasteiger partial charge is 0.433 e. The molecule has 3 rings (SSSR count). The van der Waals surface area contributed by atoms with E-state index in [1.165, 1.54) is 6.07 Å². The SMILES string of the molecule is N#Cc1ccc(-c2ccc(C(F)(F)F)nc2)c(OCc2ccccc2)c1. The van der Waals surface area contributed by atoms with Crippen molar-refractivity contribution in [3.05, 3.63) is 83.7 Å². The quantitative estimate of drug-likeness (QED) is 0.645. The zero-order valence-electron chi connectivity index (χ0n) is 13.5. The Labute approximate surface area is 148 Å². The van der Waals surface area contributed by atoms with Crippen LogP contribution < -0.4 is 4.74 Å². The van der Waals surface area contributed by atoms with Gasteiger partial charge in [0, 0.05) is 17.3 Å². The van der Waals surface area contributed by atoms with Crippen LogP contribution in [-0.4, -0.2) is 4.98 Å². The van der Waals surface area contributed by atoms with E-state index >= 15 is 0 Å². The van der Waals surface area contributed by atoms with Crippen LogP contribution in [0, 0.1) is 11.3 Å². The van der Waals surface area contributed by atoms with Gasteiger partial charge in [-0.3, -0.25) is 4.98 Å². The molecule has 3 aromatic rings. The van der Waals surface area contributed by atoms with Gasteiger partial charge in [-0.25, -0.2) is 0 Å². The molecule has 0 aliphatic heterocycles. The highest BCUT2D eigenvalue weighted by molar-refractivity contribution is 5.71. The molecule has 0 saturated carbocycles. The molecule has 0 spiro atoms. The average Bonchev–Trinajstić information content (AvgIpc) is 2.66. The summed E-state index contributed by atoms with van der Waals surface area (Å²) in [5.74, 6) is 0.412. The van der Waals surface area contributed by atoms with Crippen LogP contribution >= 0.6 is 0 Å². The van der Waals surface area contributed by atoms with Gasteiger partial charge < -0.3 is 4.74 Å². The highest BCUT2D eigenvalue weighted by Crippen LogP contribution is 2.33. The number of aromatic nitrogens is 1. The van der Waals surface area contributed by atoms with Crippen LogP contribution in [0.3, 0.4) is 0 Å². The van der Waals surface area contributed by atoms with E-state index in [1.807, 2.05) is 36.4 Å². The number of hydrogen-bond donors (Lipinski definition) is 0. The monoisotopic (exact) mass is 354 g/mol. The lowest BCUT2D eigenvalue weighted by atomic mass is 10.0. The second-order valence-corrected chi connectivity index (χ2v) is 5.53. The fourth-order valence-electron chi connectivity index (χ4n) is 2.41. The molecule has 0 atom stereocenters. The minimum Gasteiger partial charge on any atom is -0.488 e. The van der Waals surface area contributed by atoms with Crippen molar-refractivity contribution >= 4 is 0 Å². The van der Waals surface area contributed by atoms with Gasteiger partial charge in [0.2, 0.25) is 0 Å². The first-order valence-electron chi connectivity index (χ1n) is 7.72. The summed E-state index contributed by atoms with van der Waals surface area (Å²) in [6, 6.07) is 18.5. The van der Waals surface area contributed by atoms with Gasteiger partial charge in [-0.15, -0.1) is 0 Å². The second kappa shape index (κ2) is 7.28. The summed E-state index contributed by atoms with van der Waals surface area (Å²) in [6.07, 6.45) is -3.34. The molecule has 0 aliphatic carbocycles. The maximum atomic E-state index is 12.7. The molecular formula is C20H13F3N2O. The van der Waals surface area contributed by atoms with Gasteiger partial charge in [0.05, 0.1) is 11.6 Å². The Morgan fingerprint density at radius 2 is 1.77 bits per heavy atom. The predicted molar refractivity (Wildman–Crippen MR) is 90.2 cm³/mol. The fraction of sp³-hybridized carbons (Fsp3) is 0.100. The summed E-state index contributed by atoms with van der Waals surface area (Å²) >= 11 is 0. The van der Waals surface area contributed by atoms with E-state index in [0.29, 0.717) is 22.4 Å². The second-order valence-electron chi connectivity index (χ2n) is 5.53. The van der Waals surface area contributed by atoms with Crippen molar-refractivity contribution in [2.45, 2.75) is 12.8 Å². The summed E-state index contributed by atoms with van der Waals surface area (Å²) in [4.78, 5) is 3.48. The van der Waals surface area contributed by atoms with Crippen molar-refractivity contribution in [2.75, 3.05) is 0 Å². The molecule has 0 saturated heterocycles. The molecule has 130 valence electrons. The molecule has 1 aromatic heterocycles. The minimum absolute atomic E-state index is 0.275. The van der Waals surface area contributed by atoms with Crippen molar-refractivity contribution < 1.29 is 17.9 Å². The third-order valence-electron chi connectivity index (χ3n) is 3.71. The number of rotatable bonds is 4. The van der Waals surface area contributed by atoms with Crippen LogP contribution in [-0.2, 0) is 12.8 Å². The molecule has 2 aromatic carbocycles. The van der Waals surface area contributed by atoms with E-state index in [-0.39, 0.29) is 6.61 Å². The molecule has 0 bridgehead atoms. The first kappa shape index (κ1) is 17.5. The van der Waals surface area contributed by atoms with Crippen LogP contribution in [0.25, 0.3) is 11.1 Å². The summed E-state index contributed by atoms with van der Waals surface area (Å²) in [6.45, 7) is 0.275. The number of pyridine rings is 1. The molecule has 0 N–H and O–H groups in total. The number of hydrogen-bond acceptors (Lipinski definition) is 3. The van der Waals surface area contributed by atoms with Gasteiger partial charge >= 0.3 is 6.18 Å². The van der Waals surface area contributed by atoms with Gasteiger partial charge in [-0.2, -0.15) is 18.4 Å². The summed E-state index contributed by atoms with van der Waals surface area (Å²) in [5, 5.41) is 9.09. The van der Waals surface area contributed by atoms with Crippen molar-refractivity contribution in [1.82, 2.24) is 4.98 Å². The van der Waals surface area contributed by atoms with Gasteiger partial charge in [0.15, 0.2) is 0 Å². The zero-order chi connectivity index (χ0) is 18.6. The van der Waals surface area contributed by atoms with E-state index in [9.17, 15) is 13.2 Å². The standard InChI is InChI=1S/C20H13F3N2O/c21-20(22,23)19-9-7-16(12-25-19)17-8-6-15(11-24)10-18(17)26-13-14-4-2-1-3-5-14/h1-10,12H,13H2. The maximum Gasteiger partial charge on any atom is 0.433 e. The van der Waals surface area contributed by atoms with Crippen molar-refractivity contribution in [3.63, 3.8) is 0 Å². The van der Waals surface area contributed by atoms with Gasteiger partial charge in [0.1, 0.15) is 18.1 Å². The van der Waals surface area contributed by atoms with Gasteiger partial charge in [-0.1, -0.05) is 36.4 Å². The molecule has 6 heteroatoms. The predicted octanol–water partition coefficient (Wildman–Crippen LogP) is 5.22. The number of benzene rings is 2. The van der Waals surface area contributed by atoms with Crippen molar-refractivity contribution in [3.8, 4) is 22.9 Å². The lowest BCUT2D eigenvalue weighted by Gasteiger charge is -2.13. The van der Waals surface area contributed by atoms with E-state index in [2.05, 4.69) is 4.98 Å². The zero-order valence-corrected chi connectivity index (χ0v) is 13.5. The topological polar surface area (TPSA) is 45.9 Å². The molecular weight excluding hydrogens is 341 g/mol. The third kappa shape index (κ3) is 4.01. The van der Waals surface area contributed by atoms with E-state index < -0.39 is 11.9 Å². The van der Waals surface area contributed by atoms with Gasteiger partial charge in [0.25, 0.3) is 0 Å². The Morgan fingerprint density at radius 1 is 1.00 bits per heavy atom. The Hall–Kier alpha value is -3.33. The Balaban J connectivity index is 1.92. The van der Waals surface area contributed by atoms with Crippen LogP contribution in [0.5, 0.6) is 5.75 Å². The summed E-state index contributed by atoms with van der Waals surface area (Å²) < 4.78 is 43.9. The number of nitrogens with zero attached hydrogens (tertiary/aromatic N) is 2. The Bertz CT molecular complexity index is 930. The number of nitriles is 1. The molecule has 0 fully saturated rings. The van der Waals surface area contributed by atoms with Crippen molar-refractivity contribution in [2.24, 2.45) is 0 Å². The highest BCUT2D eigenvalue weighted by Gasteiger charge is 2.32. The van der Waals surface area contributed by atoms with Crippen LogP contribution in [0.4, 0.5) is 13.2 Å². The van der Waals surface area contributed by atoms with Crippen molar-refractivity contribution in [1.29, 1.82) is 5.26 Å². The number of ether oxygens (including phenoxy) is 1. The van der Waals surface area contributed by atoms with Crippen LogP contribution in [0.15, 0.2) is 66.9 Å². The third-order valence-corrected chi connectivity index (χ3v) is 3.71. The molecule has 0 radical (unpaired) electrons. The lowest BCUT2D eigenvalue weighted by Crippen LogP contribution is -2.07. The van der Waals surface area contributed by atoms with E-state index in [1.54, 1.807) is 18.2 Å².